The Morgan fingerprint density at radius 1 is 1.27 bits per heavy atom. The Kier molecular flexibility index (Phi) is 4.44. The molecular formula is C15H16F3NO3. The molecule has 0 bridgehead atoms. The van der Waals surface area contributed by atoms with Gasteiger partial charge in [0.25, 0.3) is 5.91 Å². The number of ether oxygens (including phenoxy) is 1. The third kappa shape index (κ3) is 3.99. The molecule has 4 nitrogen and oxygen atoms in total. The van der Waals surface area contributed by atoms with Gasteiger partial charge in [-0.2, -0.15) is 13.2 Å². The number of halogens is 3. The van der Waals surface area contributed by atoms with E-state index in [2.05, 4.69) is 5.32 Å². The Balaban J connectivity index is 1.89. The molecule has 0 aromatic heterocycles. The van der Waals surface area contributed by atoms with Gasteiger partial charge in [0.05, 0.1) is 11.5 Å². The van der Waals surface area contributed by atoms with Crippen LogP contribution in [0.3, 0.4) is 0 Å². The van der Waals surface area contributed by atoms with Crippen LogP contribution in [0.4, 0.5) is 18.9 Å². The normalized spacial score (nSPS) is 21.9. The number of anilines is 1. The highest BCUT2D eigenvalue weighted by atomic mass is 19.4. The molecule has 2 rings (SSSR count). The van der Waals surface area contributed by atoms with Crippen LogP contribution in [-0.4, -0.2) is 18.0 Å². The average Bonchev–Trinajstić information content (AvgIpc) is 3.15. The summed E-state index contributed by atoms with van der Waals surface area (Å²) < 4.78 is 42.3. The number of carbonyl (C=O) groups excluding carboxylic acids is 2. The maximum atomic E-state index is 12.4. The fourth-order valence-electron chi connectivity index (χ4n) is 1.95. The van der Waals surface area contributed by atoms with Crippen molar-refractivity contribution in [1.82, 2.24) is 0 Å². The zero-order valence-corrected chi connectivity index (χ0v) is 12.1. The molecule has 0 unspecified atom stereocenters. The second kappa shape index (κ2) is 5.98. The first-order valence-electron chi connectivity index (χ1n) is 6.87. The lowest BCUT2D eigenvalue weighted by Gasteiger charge is -2.14. The summed E-state index contributed by atoms with van der Waals surface area (Å²) in [6.45, 7) is 3.34. The number of carbonyl (C=O) groups is 2. The van der Waals surface area contributed by atoms with Crippen LogP contribution in [0.5, 0.6) is 0 Å². The molecule has 1 N–H and O–H groups in total. The van der Waals surface area contributed by atoms with Crippen LogP contribution >= 0.6 is 0 Å². The standard InChI is InChI=1S/C15H16F3NO3/c1-8-7-12(8)14(21)22-9(2)13(20)19-11-5-3-10(4-6-11)15(16,17)18/h3-6,8-9,12H,7H2,1-2H3,(H,19,20)/t8-,9-,12+/m0/s1. The van der Waals surface area contributed by atoms with E-state index >= 15 is 0 Å². The number of amides is 1. The molecule has 0 saturated heterocycles. The maximum Gasteiger partial charge on any atom is 0.416 e. The Hall–Kier alpha value is -2.05. The molecule has 22 heavy (non-hydrogen) atoms. The van der Waals surface area contributed by atoms with Crippen molar-refractivity contribution < 1.29 is 27.5 Å². The number of hydrogen-bond acceptors (Lipinski definition) is 3. The van der Waals surface area contributed by atoms with E-state index in [1.807, 2.05) is 6.92 Å². The van der Waals surface area contributed by atoms with E-state index in [9.17, 15) is 22.8 Å². The predicted molar refractivity (Wildman–Crippen MR) is 72.9 cm³/mol. The Labute approximate surface area is 125 Å². The van der Waals surface area contributed by atoms with Gasteiger partial charge >= 0.3 is 12.1 Å². The van der Waals surface area contributed by atoms with Gasteiger partial charge in [0.1, 0.15) is 0 Å². The third-order valence-corrected chi connectivity index (χ3v) is 3.55. The first kappa shape index (κ1) is 16.3. The smallest absolute Gasteiger partial charge is 0.416 e. The van der Waals surface area contributed by atoms with Crippen molar-refractivity contribution >= 4 is 17.6 Å². The summed E-state index contributed by atoms with van der Waals surface area (Å²) in [6.07, 6.45) is -4.67. The second-order valence-corrected chi connectivity index (χ2v) is 5.46. The predicted octanol–water partition coefficient (Wildman–Crippen LogP) is 3.23. The monoisotopic (exact) mass is 315 g/mol. The topological polar surface area (TPSA) is 55.4 Å². The van der Waals surface area contributed by atoms with Gasteiger partial charge in [-0.3, -0.25) is 9.59 Å². The molecule has 1 amide bonds. The molecule has 0 heterocycles. The first-order valence-corrected chi connectivity index (χ1v) is 6.87. The van der Waals surface area contributed by atoms with E-state index in [4.69, 9.17) is 4.74 Å². The lowest BCUT2D eigenvalue weighted by atomic mass is 10.2. The zero-order chi connectivity index (χ0) is 16.5. The molecule has 1 fully saturated rings. The highest BCUT2D eigenvalue weighted by molar-refractivity contribution is 5.95. The van der Waals surface area contributed by atoms with E-state index in [-0.39, 0.29) is 17.5 Å². The zero-order valence-electron chi connectivity index (χ0n) is 12.1. The highest BCUT2D eigenvalue weighted by Gasteiger charge is 2.41. The van der Waals surface area contributed by atoms with Crippen LogP contribution < -0.4 is 5.32 Å². The molecular weight excluding hydrogens is 299 g/mol. The van der Waals surface area contributed by atoms with Gasteiger partial charge in [0.15, 0.2) is 6.10 Å². The minimum Gasteiger partial charge on any atom is -0.452 e. The average molecular weight is 315 g/mol. The second-order valence-electron chi connectivity index (χ2n) is 5.46. The van der Waals surface area contributed by atoms with Crippen LogP contribution in [0.15, 0.2) is 24.3 Å². The molecule has 1 saturated carbocycles. The minimum atomic E-state index is -4.42. The summed E-state index contributed by atoms with van der Waals surface area (Å²) in [6, 6.07) is 4.05. The fourth-order valence-corrected chi connectivity index (χ4v) is 1.95. The van der Waals surface area contributed by atoms with Crippen LogP contribution in [0.25, 0.3) is 0 Å². The van der Waals surface area contributed by atoms with E-state index in [1.54, 1.807) is 0 Å². The number of alkyl halides is 3. The van der Waals surface area contributed by atoms with E-state index in [0.29, 0.717) is 0 Å². The van der Waals surface area contributed by atoms with E-state index in [0.717, 1.165) is 30.7 Å². The van der Waals surface area contributed by atoms with Crippen LogP contribution in [0, 0.1) is 11.8 Å². The quantitative estimate of drug-likeness (QED) is 0.868. The Morgan fingerprint density at radius 2 is 1.82 bits per heavy atom. The lowest BCUT2D eigenvalue weighted by Crippen LogP contribution is -2.30. The summed E-state index contributed by atoms with van der Waals surface area (Å²) >= 11 is 0. The van der Waals surface area contributed by atoms with Crippen molar-refractivity contribution in [3.63, 3.8) is 0 Å². The van der Waals surface area contributed by atoms with Crippen molar-refractivity contribution in [2.45, 2.75) is 32.5 Å². The van der Waals surface area contributed by atoms with Crippen molar-refractivity contribution in [1.29, 1.82) is 0 Å². The van der Waals surface area contributed by atoms with Gasteiger partial charge in [-0.1, -0.05) is 6.92 Å². The molecule has 1 aromatic carbocycles. The van der Waals surface area contributed by atoms with Crippen molar-refractivity contribution in [3.8, 4) is 0 Å². The largest absolute Gasteiger partial charge is 0.452 e. The maximum absolute atomic E-state index is 12.4. The molecule has 1 aliphatic rings. The van der Waals surface area contributed by atoms with Gasteiger partial charge in [-0.05, 0) is 43.5 Å². The molecule has 0 radical (unpaired) electrons. The van der Waals surface area contributed by atoms with Gasteiger partial charge in [0.2, 0.25) is 0 Å². The van der Waals surface area contributed by atoms with Crippen LogP contribution in [0.1, 0.15) is 25.8 Å². The Morgan fingerprint density at radius 3 is 2.27 bits per heavy atom. The number of rotatable bonds is 4. The highest BCUT2D eigenvalue weighted by Crippen LogP contribution is 2.38. The number of benzene rings is 1. The van der Waals surface area contributed by atoms with Gasteiger partial charge < -0.3 is 10.1 Å². The van der Waals surface area contributed by atoms with Gasteiger partial charge in [-0.25, -0.2) is 0 Å². The third-order valence-electron chi connectivity index (χ3n) is 3.55. The van der Waals surface area contributed by atoms with Crippen LogP contribution in [-0.2, 0) is 20.5 Å². The van der Waals surface area contributed by atoms with E-state index in [1.165, 1.54) is 6.92 Å². The molecule has 120 valence electrons. The van der Waals surface area contributed by atoms with Crippen LogP contribution in [0.2, 0.25) is 0 Å². The summed E-state index contributed by atoms with van der Waals surface area (Å²) in [5, 5.41) is 2.41. The Bertz CT molecular complexity index is 568. The molecule has 3 atom stereocenters. The SMILES string of the molecule is C[C@H](OC(=O)[C@@H]1C[C@@H]1C)C(=O)Nc1ccc(C(F)(F)F)cc1. The van der Waals surface area contributed by atoms with Gasteiger partial charge in [-0.15, -0.1) is 0 Å². The summed E-state index contributed by atoms with van der Waals surface area (Å²) in [4.78, 5) is 23.5. The lowest BCUT2D eigenvalue weighted by molar-refractivity contribution is -0.154. The van der Waals surface area contributed by atoms with E-state index < -0.39 is 29.7 Å². The van der Waals surface area contributed by atoms with Crippen molar-refractivity contribution in [2.24, 2.45) is 11.8 Å². The summed E-state index contributed by atoms with van der Waals surface area (Å²) in [5.41, 5.74) is -0.589. The number of nitrogens with one attached hydrogen (secondary N) is 1. The molecule has 0 aliphatic heterocycles. The van der Waals surface area contributed by atoms with Crippen molar-refractivity contribution in [3.05, 3.63) is 29.8 Å². The summed E-state index contributed by atoms with van der Waals surface area (Å²) in [5.74, 6) is -0.872. The number of hydrogen-bond donors (Lipinski definition) is 1. The molecule has 1 aliphatic carbocycles. The molecule has 7 heteroatoms. The molecule has 1 aromatic rings. The van der Waals surface area contributed by atoms with Gasteiger partial charge in [0, 0.05) is 5.69 Å². The minimum absolute atomic E-state index is 0.152. The molecule has 0 spiro atoms. The first-order chi connectivity index (χ1) is 10.2. The summed E-state index contributed by atoms with van der Waals surface area (Å²) in [7, 11) is 0. The number of esters is 1. The fraction of sp³-hybridized carbons (Fsp3) is 0.467. The van der Waals surface area contributed by atoms with Crippen molar-refractivity contribution in [2.75, 3.05) is 5.32 Å².